The highest BCUT2D eigenvalue weighted by Gasteiger charge is 2.52. The van der Waals surface area contributed by atoms with Gasteiger partial charge in [0, 0.05) is 73.2 Å². The summed E-state index contributed by atoms with van der Waals surface area (Å²) in [4.78, 5) is 42.4. The molecule has 374 valence electrons. The maximum absolute atomic E-state index is 13.0. The summed E-state index contributed by atoms with van der Waals surface area (Å²) in [7, 11) is 3.75. The Hall–Kier alpha value is -1.34. The Morgan fingerprint density at radius 2 is 1.00 bits per heavy atom. The van der Waals surface area contributed by atoms with Gasteiger partial charge in [-0.3, -0.25) is 29.4 Å². The smallest absolute Gasteiger partial charge is 0.222 e. The fraction of sp³-hybridized carbons (Fsp3) is 0.920. The van der Waals surface area contributed by atoms with Gasteiger partial charge in [-0.2, -0.15) is 23.5 Å². The molecule has 8 rings (SSSR count). The first-order valence-corrected chi connectivity index (χ1v) is 28.8. The molecule has 66 heavy (non-hydrogen) atoms. The summed E-state index contributed by atoms with van der Waals surface area (Å²) in [6, 6.07) is 0.631. The van der Waals surface area contributed by atoms with Crippen molar-refractivity contribution in [1.82, 2.24) is 42.1 Å². The molecule has 10 unspecified atom stereocenters. The molecule has 14 nitrogen and oxygen atoms in total. The van der Waals surface area contributed by atoms with Crippen molar-refractivity contribution in [2.24, 2.45) is 33.7 Å². The van der Waals surface area contributed by atoms with E-state index in [4.69, 9.17) is 19.5 Å². The van der Waals surface area contributed by atoms with Crippen molar-refractivity contribution in [2.75, 3.05) is 38.8 Å². The third kappa shape index (κ3) is 12.2. The Morgan fingerprint density at radius 1 is 0.591 bits per heavy atom. The summed E-state index contributed by atoms with van der Waals surface area (Å²) in [6.07, 6.45) is 23.6. The molecule has 4 heterocycles. The van der Waals surface area contributed by atoms with Crippen LogP contribution in [-0.2, 0) is 19.1 Å². The number of carbonyl (C=O) groups excluding carboxylic acids is 2. The maximum atomic E-state index is 13.0. The Labute approximate surface area is 406 Å². The normalized spacial score (nSPS) is 39.6. The number of nitrogens with one attached hydrogen (secondary N) is 6. The summed E-state index contributed by atoms with van der Waals surface area (Å²) < 4.78 is 12.0. The number of thioether (sulfide) groups is 2. The van der Waals surface area contributed by atoms with Crippen LogP contribution in [0.25, 0.3) is 0 Å². The summed E-state index contributed by atoms with van der Waals surface area (Å²) in [5.41, 5.74) is 16.9. The van der Waals surface area contributed by atoms with Gasteiger partial charge in [-0.15, -0.1) is 0 Å². The lowest BCUT2D eigenvalue weighted by molar-refractivity contribution is -0.122. The molecule has 6 N–H and O–H groups in total. The van der Waals surface area contributed by atoms with Crippen molar-refractivity contribution in [3.63, 3.8) is 0 Å². The van der Waals surface area contributed by atoms with Gasteiger partial charge in [0.25, 0.3) is 0 Å². The third-order valence-corrected chi connectivity index (χ3v) is 19.9. The largest absolute Gasteiger partial charge is 0.381 e. The van der Waals surface area contributed by atoms with E-state index < -0.39 is 0 Å². The van der Waals surface area contributed by atoms with Gasteiger partial charge in [0.05, 0.1) is 61.8 Å². The monoisotopic (exact) mass is 957 g/mol. The molecule has 0 spiro atoms. The van der Waals surface area contributed by atoms with Gasteiger partial charge < -0.3 is 20.1 Å². The van der Waals surface area contributed by atoms with E-state index in [1.165, 1.54) is 100.0 Å². The molecule has 2 amide bonds. The van der Waals surface area contributed by atoms with Gasteiger partial charge in [0.2, 0.25) is 11.8 Å². The number of rotatable bonds is 19. The number of hydrogen-bond donors (Lipinski definition) is 6. The van der Waals surface area contributed by atoms with Gasteiger partial charge in [0.1, 0.15) is 0 Å². The van der Waals surface area contributed by atoms with Gasteiger partial charge in [-0.1, -0.05) is 12.8 Å². The molecule has 0 radical (unpaired) electrons. The molecule has 4 aliphatic carbocycles. The Morgan fingerprint density at radius 3 is 1.38 bits per heavy atom. The van der Waals surface area contributed by atoms with Crippen molar-refractivity contribution in [3.8, 4) is 0 Å². The standard InChI is InChI=1S/C50H88N10O4S2/c1-7-51-45(61)29-41-49-57-55-31(3)59(49)43-23-17-35(63-5)27-39(43)47(53-41)33-13-19-37(20-14-33)65-25-11-9-10-12-26-66-38-21-15-34(16-22-38)48-40-28-36(64-6)18-24-44(40)60-32(4)56-58-50(60)42(54-48)30-46(62)52-8-2/h31-44,49-50,55-58H,7-30H2,1-6H3,(H,51,61)(H,52,62)/t31?,32?,33?,34?,35?,36?,37?,38?,39?,40?,41-,42-,43?,44?,49?,50?/m0/s1. The topological polar surface area (TPSA) is 156 Å². The van der Waals surface area contributed by atoms with Crippen LogP contribution in [0.5, 0.6) is 0 Å². The Kier molecular flexibility index (Phi) is 19.1. The highest BCUT2D eigenvalue weighted by molar-refractivity contribution is 8.00. The predicted octanol–water partition coefficient (Wildman–Crippen LogP) is 6.36. The van der Waals surface area contributed by atoms with Gasteiger partial charge in [-0.25, -0.2) is 21.7 Å². The molecular weight excluding hydrogens is 869 g/mol. The summed E-state index contributed by atoms with van der Waals surface area (Å²) in [5.74, 6) is 4.52. The number of hydrazine groups is 2. The fourth-order valence-corrected chi connectivity index (χ4v) is 16.3. The predicted molar refractivity (Wildman–Crippen MR) is 270 cm³/mol. The number of amides is 2. The van der Waals surface area contributed by atoms with E-state index in [0.717, 1.165) is 49.0 Å². The second-order valence-corrected chi connectivity index (χ2v) is 23.9. The van der Waals surface area contributed by atoms with E-state index in [1.807, 2.05) is 28.1 Å². The van der Waals surface area contributed by atoms with Crippen molar-refractivity contribution < 1.29 is 19.1 Å². The number of methoxy groups -OCH3 is 2. The molecule has 0 aromatic rings. The van der Waals surface area contributed by atoms with E-state index in [-0.39, 0.29) is 60.8 Å². The summed E-state index contributed by atoms with van der Waals surface area (Å²) in [6.45, 7) is 9.79. The Balaban J connectivity index is 0.761. The van der Waals surface area contributed by atoms with Crippen molar-refractivity contribution in [1.29, 1.82) is 0 Å². The highest BCUT2D eigenvalue weighted by atomic mass is 32.2. The van der Waals surface area contributed by atoms with Crippen molar-refractivity contribution in [2.45, 2.75) is 228 Å². The van der Waals surface area contributed by atoms with Gasteiger partial charge >= 0.3 is 0 Å². The second kappa shape index (κ2) is 24.7. The summed E-state index contributed by atoms with van der Waals surface area (Å²) >= 11 is 4.47. The minimum Gasteiger partial charge on any atom is -0.381 e. The number of ether oxygens (including phenoxy) is 2. The second-order valence-electron chi connectivity index (χ2n) is 21.1. The lowest BCUT2D eigenvalue weighted by Gasteiger charge is -2.44. The minimum atomic E-state index is -0.0997. The van der Waals surface area contributed by atoms with Crippen LogP contribution in [0.1, 0.15) is 156 Å². The summed E-state index contributed by atoms with van der Waals surface area (Å²) in [5, 5.41) is 7.61. The SMILES string of the molecule is CCNC(=O)C[C@@H]1N=C(C2CCC(SCCCCCCSC3CCC(C4=N[C@@H](CC(=O)NCC)C5NNC(C)N5C5CCC(OC)CC45)CC3)CC2)C2CC(OC)CCC2N2C(C)NNC12. The molecule has 0 aromatic heterocycles. The minimum absolute atomic E-state index is 0.0282. The average Bonchev–Trinajstić information content (AvgIpc) is 3.83. The first-order chi connectivity index (χ1) is 32.2. The average molecular weight is 957 g/mol. The van der Waals surface area contributed by atoms with E-state index >= 15 is 0 Å². The number of aliphatic imine (C=N–C) groups is 2. The van der Waals surface area contributed by atoms with Crippen LogP contribution in [0, 0.1) is 23.7 Å². The molecule has 12 atom stereocenters. The molecule has 0 bridgehead atoms. The van der Waals surface area contributed by atoms with E-state index in [2.05, 4.69) is 79.5 Å². The first-order valence-electron chi connectivity index (χ1n) is 26.7. The van der Waals surface area contributed by atoms with Gasteiger partial charge in [0.15, 0.2) is 0 Å². The quantitative estimate of drug-likeness (QED) is 0.0799. The third-order valence-electron chi connectivity index (χ3n) is 17.0. The van der Waals surface area contributed by atoms with Crippen LogP contribution < -0.4 is 32.3 Å². The van der Waals surface area contributed by atoms with E-state index in [1.54, 1.807) is 0 Å². The number of unbranched alkanes of at least 4 members (excludes halogenated alkanes) is 3. The molecule has 6 fully saturated rings. The molecule has 0 aromatic carbocycles. The highest BCUT2D eigenvalue weighted by Crippen LogP contribution is 2.45. The number of hydrogen-bond acceptors (Lipinski definition) is 14. The van der Waals surface area contributed by atoms with E-state index in [0.29, 0.717) is 61.7 Å². The molecule has 4 saturated carbocycles. The number of fused-ring (bicyclic) bond motifs is 6. The lowest BCUT2D eigenvalue weighted by Crippen LogP contribution is -2.55. The van der Waals surface area contributed by atoms with E-state index in [9.17, 15) is 9.59 Å². The van der Waals surface area contributed by atoms with Gasteiger partial charge in [-0.05, 0) is 154 Å². The number of carbonyl (C=O) groups is 2. The van der Waals surface area contributed by atoms with Crippen molar-refractivity contribution >= 4 is 46.8 Å². The zero-order valence-corrected chi connectivity index (χ0v) is 43.1. The molecular formula is C50H88N10O4S2. The van der Waals surface area contributed by atoms with Crippen LogP contribution in [0.3, 0.4) is 0 Å². The molecule has 8 aliphatic rings. The molecule has 4 aliphatic heterocycles. The molecule has 2 saturated heterocycles. The first kappa shape index (κ1) is 51.0. The fourth-order valence-electron chi connectivity index (χ4n) is 13.7. The van der Waals surface area contributed by atoms with Crippen LogP contribution >= 0.6 is 23.5 Å². The number of nitrogens with zero attached hydrogens (tertiary/aromatic N) is 4. The Bertz CT molecular complexity index is 1510. The van der Waals surface area contributed by atoms with Crippen molar-refractivity contribution in [3.05, 3.63) is 0 Å². The van der Waals surface area contributed by atoms with Crippen LogP contribution in [0.4, 0.5) is 0 Å². The zero-order chi connectivity index (χ0) is 46.2. The van der Waals surface area contributed by atoms with Crippen LogP contribution in [0.2, 0.25) is 0 Å². The zero-order valence-electron chi connectivity index (χ0n) is 41.4. The maximum Gasteiger partial charge on any atom is 0.222 e. The van der Waals surface area contributed by atoms with Crippen LogP contribution in [0.15, 0.2) is 9.98 Å². The van der Waals surface area contributed by atoms with Crippen LogP contribution in [-0.4, -0.2) is 143 Å². The lowest BCUT2D eigenvalue weighted by atomic mass is 9.72. The molecule has 16 heteroatoms.